The standard InChI is InChI=1S/C6H14N2O2/c7-6(8)1-2-10-5(3-6)4-9/h5,9H,1-4,7-8H2. The highest BCUT2D eigenvalue weighted by atomic mass is 16.5. The lowest BCUT2D eigenvalue weighted by Crippen LogP contribution is -2.56. The Hall–Kier alpha value is -0.160. The largest absolute Gasteiger partial charge is 0.394 e. The Balaban J connectivity index is 2.40. The van der Waals surface area contributed by atoms with Crippen LogP contribution in [0, 0.1) is 0 Å². The van der Waals surface area contributed by atoms with E-state index in [1.54, 1.807) is 0 Å². The molecule has 1 rings (SSSR count). The highest BCUT2D eigenvalue weighted by Crippen LogP contribution is 2.16. The quantitative estimate of drug-likeness (QED) is 0.405. The third-order valence-electron chi connectivity index (χ3n) is 1.73. The van der Waals surface area contributed by atoms with Crippen LogP contribution in [-0.2, 0) is 4.74 Å². The normalized spacial score (nSPS) is 32.1. The van der Waals surface area contributed by atoms with Gasteiger partial charge in [0.15, 0.2) is 0 Å². The zero-order valence-corrected chi connectivity index (χ0v) is 5.92. The summed E-state index contributed by atoms with van der Waals surface area (Å²) in [5.41, 5.74) is 10.6. The molecule has 5 N–H and O–H groups in total. The fourth-order valence-electron chi connectivity index (χ4n) is 1.12. The second kappa shape index (κ2) is 2.84. The van der Waals surface area contributed by atoms with Gasteiger partial charge in [-0.2, -0.15) is 0 Å². The minimum absolute atomic E-state index is 0.0101. The van der Waals surface area contributed by atoms with Gasteiger partial charge >= 0.3 is 0 Å². The number of rotatable bonds is 1. The second-order valence-corrected chi connectivity index (χ2v) is 2.86. The smallest absolute Gasteiger partial charge is 0.0836 e. The molecule has 0 aromatic heterocycles. The van der Waals surface area contributed by atoms with Crippen molar-refractivity contribution in [2.75, 3.05) is 13.2 Å². The van der Waals surface area contributed by atoms with E-state index in [4.69, 9.17) is 21.3 Å². The Morgan fingerprint density at radius 3 is 2.70 bits per heavy atom. The summed E-state index contributed by atoms with van der Waals surface area (Å²) in [5.74, 6) is 0. The number of nitrogens with two attached hydrogens (primary N) is 2. The molecule has 4 heteroatoms. The summed E-state index contributed by atoms with van der Waals surface area (Å²) in [6.45, 7) is 0.564. The van der Waals surface area contributed by atoms with Crippen molar-refractivity contribution in [1.29, 1.82) is 0 Å². The molecule has 0 saturated carbocycles. The molecule has 1 aliphatic rings. The van der Waals surface area contributed by atoms with Crippen LogP contribution in [0.15, 0.2) is 0 Å². The fraction of sp³-hybridized carbons (Fsp3) is 1.00. The van der Waals surface area contributed by atoms with Gasteiger partial charge in [0.25, 0.3) is 0 Å². The van der Waals surface area contributed by atoms with Crippen LogP contribution in [0.25, 0.3) is 0 Å². The number of aliphatic hydroxyl groups excluding tert-OH is 1. The molecule has 1 heterocycles. The Morgan fingerprint density at radius 1 is 1.60 bits per heavy atom. The molecule has 0 aromatic carbocycles. The number of ether oxygens (including phenoxy) is 1. The van der Waals surface area contributed by atoms with Crippen LogP contribution in [0.4, 0.5) is 0 Å². The van der Waals surface area contributed by atoms with Crippen molar-refractivity contribution in [2.24, 2.45) is 11.5 Å². The molecule has 1 aliphatic heterocycles. The van der Waals surface area contributed by atoms with Gasteiger partial charge in [0.1, 0.15) is 0 Å². The van der Waals surface area contributed by atoms with Gasteiger partial charge in [-0.1, -0.05) is 0 Å². The van der Waals surface area contributed by atoms with Gasteiger partial charge in [-0.25, -0.2) is 0 Å². The molecule has 0 amide bonds. The summed E-state index contributed by atoms with van der Waals surface area (Å²) in [7, 11) is 0. The van der Waals surface area contributed by atoms with Gasteiger partial charge in [0, 0.05) is 12.8 Å². The molecule has 4 nitrogen and oxygen atoms in total. The van der Waals surface area contributed by atoms with Crippen molar-refractivity contribution in [3.05, 3.63) is 0 Å². The molecule has 10 heavy (non-hydrogen) atoms. The van der Waals surface area contributed by atoms with Crippen LogP contribution >= 0.6 is 0 Å². The van der Waals surface area contributed by atoms with Crippen molar-refractivity contribution in [2.45, 2.75) is 24.6 Å². The molecule has 0 aliphatic carbocycles. The summed E-state index contributed by atoms with van der Waals surface area (Å²) in [5, 5.41) is 8.69. The molecule has 0 aromatic rings. The molecule has 60 valence electrons. The summed E-state index contributed by atoms with van der Waals surface area (Å²) in [6, 6.07) is 0. The predicted molar refractivity (Wildman–Crippen MR) is 37.2 cm³/mol. The molecule has 1 saturated heterocycles. The minimum atomic E-state index is -0.633. The molecule has 1 unspecified atom stereocenters. The monoisotopic (exact) mass is 146 g/mol. The minimum Gasteiger partial charge on any atom is -0.394 e. The maximum absolute atomic E-state index is 8.69. The lowest BCUT2D eigenvalue weighted by Gasteiger charge is -2.33. The third kappa shape index (κ3) is 1.91. The zero-order valence-electron chi connectivity index (χ0n) is 5.92. The van der Waals surface area contributed by atoms with Crippen molar-refractivity contribution in [3.8, 4) is 0 Å². The highest BCUT2D eigenvalue weighted by Gasteiger charge is 2.28. The van der Waals surface area contributed by atoms with Crippen LogP contribution in [0.1, 0.15) is 12.8 Å². The molecular weight excluding hydrogens is 132 g/mol. The molecule has 0 bridgehead atoms. The predicted octanol–water partition coefficient (Wildman–Crippen LogP) is -1.23. The first kappa shape index (κ1) is 7.94. The maximum atomic E-state index is 8.69. The van der Waals surface area contributed by atoms with Crippen LogP contribution in [-0.4, -0.2) is 30.1 Å². The van der Waals surface area contributed by atoms with Crippen molar-refractivity contribution >= 4 is 0 Å². The summed E-state index contributed by atoms with van der Waals surface area (Å²) < 4.78 is 5.15. The molecule has 1 fully saturated rings. The molecule has 0 radical (unpaired) electrons. The topological polar surface area (TPSA) is 81.5 Å². The maximum Gasteiger partial charge on any atom is 0.0836 e. The average Bonchev–Trinajstić information content (AvgIpc) is 1.86. The Kier molecular flexibility index (Phi) is 2.25. The summed E-state index contributed by atoms with van der Waals surface area (Å²) >= 11 is 0. The van der Waals surface area contributed by atoms with Crippen molar-refractivity contribution in [3.63, 3.8) is 0 Å². The van der Waals surface area contributed by atoms with E-state index in [0.29, 0.717) is 19.4 Å². The van der Waals surface area contributed by atoms with E-state index in [0.717, 1.165) is 0 Å². The number of hydrogen-bond acceptors (Lipinski definition) is 4. The summed E-state index contributed by atoms with van der Waals surface area (Å²) in [6.07, 6.45) is 1.05. The summed E-state index contributed by atoms with van der Waals surface area (Å²) in [4.78, 5) is 0. The SMILES string of the molecule is NC1(N)CCOC(CO)C1. The average molecular weight is 146 g/mol. The number of aliphatic hydroxyl groups is 1. The fourth-order valence-corrected chi connectivity index (χ4v) is 1.12. The number of hydrogen-bond donors (Lipinski definition) is 3. The second-order valence-electron chi connectivity index (χ2n) is 2.86. The van der Waals surface area contributed by atoms with Gasteiger partial charge in [0.05, 0.1) is 25.0 Å². The van der Waals surface area contributed by atoms with Crippen molar-refractivity contribution < 1.29 is 9.84 Å². The highest BCUT2D eigenvalue weighted by molar-refractivity contribution is 4.83. The van der Waals surface area contributed by atoms with E-state index in [-0.39, 0.29) is 12.7 Å². The van der Waals surface area contributed by atoms with E-state index in [9.17, 15) is 0 Å². The lowest BCUT2D eigenvalue weighted by atomic mass is 9.98. The first-order valence-corrected chi connectivity index (χ1v) is 3.44. The first-order valence-electron chi connectivity index (χ1n) is 3.44. The van der Waals surface area contributed by atoms with Gasteiger partial charge in [-0.3, -0.25) is 0 Å². The molecule has 0 spiro atoms. The zero-order chi connectivity index (χ0) is 7.61. The van der Waals surface area contributed by atoms with Gasteiger partial charge in [-0.05, 0) is 0 Å². The van der Waals surface area contributed by atoms with E-state index in [1.165, 1.54) is 0 Å². The third-order valence-corrected chi connectivity index (χ3v) is 1.73. The van der Waals surface area contributed by atoms with E-state index in [1.807, 2.05) is 0 Å². The van der Waals surface area contributed by atoms with E-state index >= 15 is 0 Å². The van der Waals surface area contributed by atoms with Gasteiger partial charge < -0.3 is 21.3 Å². The van der Waals surface area contributed by atoms with Crippen molar-refractivity contribution in [1.82, 2.24) is 0 Å². The molecular formula is C6H14N2O2. The van der Waals surface area contributed by atoms with Gasteiger partial charge in [0.2, 0.25) is 0 Å². The van der Waals surface area contributed by atoms with Crippen LogP contribution < -0.4 is 11.5 Å². The van der Waals surface area contributed by atoms with Crippen LogP contribution in [0.2, 0.25) is 0 Å². The Morgan fingerprint density at radius 2 is 2.30 bits per heavy atom. The van der Waals surface area contributed by atoms with E-state index in [2.05, 4.69) is 0 Å². The molecule has 1 atom stereocenters. The van der Waals surface area contributed by atoms with Crippen LogP contribution in [0.5, 0.6) is 0 Å². The van der Waals surface area contributed by atoms with Gasteiger partial charge in [-0.15, -0.1) is 0 Å². The van der Waals surface area contributed by atoms with E-state index < -0.39 is 5.66 Å². The van der Waals surface area contributed by atoms with Crippen LogP contribution in [0.3, 0.4) is 0 Å². The lowest BCUT2D eigenvalue weighted by molar-refractivity contribution is -0.0440. The Bertz CT molecular complexity index is 116. The first-order chi connectivity index (χ1) is 4.64. The Labute approximate surface area is 60.1 Å².